The summed E-state index contributed by atoms with van der Waals surface area (Å²) in [7, 11) is 0. The quantitative estimate of drug-likeness (QED) is 0.168. The van der Waals surface area contributed by atoms with E-state index in [1.165, 1.54) is 12.8 Å². The summed E-state index contributed by atoms with van der Waals surface area (Å²) in [6, 6.07) is 3.94. The number of carbonyl (C=O) groups excluding carboxylic acids is 2. The SMILES string of the molecule is CC1(C)CCCN(C(=O)c2csc(-c3cn[nH]c3)c2)CC1.CC1(C)CCCN(C(=O)c2csc(-c3cnn(CCO)c3)c2)CC1.OCCBr. The Hall–Kier alpha value is -2.84. The summed E-state index contributed by atoms with van der Waals surface area (Å²) in [5.74, 6) is 0.302. The number of nitrogens with one attached hydrogen (secondary N) is 1. The number of hydrogen-bond acceptors (Lipinski definition) is 8. The lowest BCUT2D eigenvalue weighted by atomic mass is 9.85. The number of aliphatic hydroxyl groups excluding tert-OH is 2. The molecule has 0 aromatic carbocycles. The third kappa shape index (κ3) is 11.6. The van der Waals surface area contributed by atoms with E-state index in [-0.39, 0.29) is 25.0 Å². The number of hydrogen-bond donors (Lipinski definition) is 3. The van der Waals surface area contributed by atoms with Crippen LogP contribution in [0.5, 0.6) is 0 Å². The van der Waals surface area contributed by atoms with Crippen molar-refractivity contribution in [3.05, 3.63) is 58.8 Å². The lowest BCUT2D eigenvalue weighted by Gasteiger charge is -2.23. The molecule has 2 aliphatic heterocycles. The zero-order chi connectivity index (χ0) is 35.4. The van der Waals surface area contributed by atoms with Gasteiger partial charge in [0.2, 0.25) is 0 Å². The molecule has 0 saturated carbocycles. The van der Waals surface area contributed by atoms with Crippen molar-refractivity contribution >= 4 is 50.4 Å². The van der Waals surface area contributed by atoms with Crippen LogP contribution in [0.2, 0.25) is 0 Å². The summed E-state index contributed by atoms with van der Waals surface area (Å²) in [6.07, 6.45) is 14.0. The first-order valence-electron chi connectivity index (χ1n) is 17.0. The third-order valence-electron chi connectivity index (χ3n) is 9.06. The van der Waals surface area contributed by atoms with Gasteiger partial charge in [-0.05, 0) is 61.5 Å². The first kappa shape index (κ1) is 39.0. The third-order valence-corrected chi connectivity index (χ3v) is 11.4. The molecule has 0 atom stereocenters. The molecule has 2 fully saturated rings. The molecule has 268 valence electrons. The number of rotatable bonds is 7. The number of H-pyrrole nitrogens is 1. The average Bonchev–Trinajstić information content (AvgIpc) is 3.90. The largest absolute Gasteiger partial charge is 0.396 e. The van der Waals surface area contributed by atoms with E-state index in [1.54, 1.807) is 39.7 Å². The van der Waals surface area contributed by atoms with Gasteiger partial charge in [-0.25, -0.2) is 0 Å². The van der Waals surface area contributed by atoms with Crippen LogP contribution in [-0.2, 0) is 6.54 Å². The maximum absolute atomic E-state index is 12.8. The molecule has 13 heteroatoms. The van der Waals surface area contributed by atoms with Gasteiger partial charge in [-0.2, -0.15) is 10.2 Å². The lowest BCUT2D eigenvalue weighted by molar-refractivity contribution is 0.0750. The topological polar surface area (TPSA) is 128 Å². The van der Waals surface area contributed by atoms with E-state index in [9.17, 15) is 9.59 Å². The van der Waals surface area contributed by atoms with E-state index in [0.717, 1.165) is 83.9 Å². The molecular formula is C36H51BrN6O4S2. The van der Waals surface area contributed by atoms with Crippen LogP contribution in [0, 0.1) is 10.8 Å². The van der Waals surface area contributed by atoms with Gasteiger partial charge in [-0.15, -0.1) is 22.7 Å². The predicted molar refractivity (Wildman–Crippen MR) is 202 cm³/mol. The molecule has 2 saturated heterocycles. The number of aliphatic hydroxyl groups is 2. The molecule has 0 spiro atoms. The summed E-state index contributed by atoms with van der Waals surface area (Å²) >= 11 is 6.16. The predicted octanol–water partition coefficient (Wildman–Crippen LogP) is 7.42. The van der Waals surface area contributed by atoms with E-state index in [4.69, 9.17) is 10.2 Å². The highest BCUT2D eigenvalue weighted by molar-refractivity contribution is 9.09. The number of aromatic nitrogens is 4. The van der Waals surface area contributed by atoms with Gasteiger partial charge in [-0.3, -0.25) is 19.4 Å². The maximum Gasteiger partial charge on any atom is 0.254 e. The van der Waals surface area contributed by atoms with Crippen molar-refractivity contribution in [1.82, 2.24) is 29.8 Å². The van der Waals surface area contributed by atoms with E-state index in [2.05, 4.69) is 58.9 Å². The number of thiophene rings is 2. The molecule has 10 nitrogen and oxygen atoms in total. The van der Waals surface area contributed by atoms with E-state index >= 15 is 0 Å². The zero-order valence-electron chi connectivity index (χ0n) is 29.2. The standard InChI is InChI=1S/C18H25N3O2S.C16H21N3OS.C2H5BrO/c1-18(2)4-3-6-20(7-5-18)17(23)14-10-16(24-13-14)15-11-19-21(12-15)8-9-22;1-16(2)4-3-6-19(7-5-16)15(20)12-8-14(21-11-12)13-9-17-18-10-13;3-1-2-4/h10-13,22H,3-9H2,1-2H3;8-11H,3-7H2,1-2H3,(H,17,18);4H,1-2H2. The van der Waals surface area contributed by atoms with Crippen LogP contribution in [0.1, 0.15) is 86.9 Å². The molecule has 49 heavy (non-hydrogen) atoms. The first-order valence-corrected chi connectivity index (χ1v) is 19.9. The smallest absolute Gasteiger partial charge is 0.254 e. The highest BCUT2D eigenvalue weighted by Gasteiger charge is 2.28. The van der Waals surface area contributed by atoms with Gasteiger partial charge in [-0.1, -0.05) is 43.6 Å². The number of aromatic amines is 1. The molecule has 0 radical (unpaired) electrons. The fourth-order valence-corrected chi connectivity index (χ4v) is 7.64. The highest BCUT2D eigenvalue weighted by atomic mass is 79.9. The number of halogens is 1. The van der Waals surface area contributed by atoms with Crippen LogP contribution in [-0.4, -0.2) is 96.5 Å². The minimum atomic E-state index is 0.0700. The van der Waals surface area contributed by atoms with Crippen molar-refractivity contribution in [1.29, 1.82) is 0 Å². The normalized spacial score (nSPS) is 17.2. The Morgan fingerprint density at radius 1 is 0.816 bits per heavy atom. The molecule has 2 aliphatic rings. The summed E-state index contributed by atoms with van der Waals surface area (Å²) in [6.45, 7) is 13.4. The Morgan fingerprint density at radius 2 is 1.35 bits per heavy atom. The fourth-order valence-electron chi connectivity index (χ4n) is 5.92. The van der Waals surface area contributed by atoms with Gasteiger partial charge < -0.3 is 20.0 Å². The summed E-state index contributed by atoms with van der Waals surface area (Å²) in [4.78, 5) is 31.6. The van der Waals surface area contributed by atoms with Crippen LogP contribution < -0.4 is 0 Å². The van der Waals surface area contributed by atoms with Gasteiger partial charge in [0.25, 0.3) is 11.8 Å². The molecule has 4 aromatic heterocycles. The van der Waals surface area contributed by atoms with Crippen molar-refractivity contribution in [3.63, 3.8) is 0 Å². The molecule has 4 aromatic rings. The number of nitrogens with zero attached hydrogens (tertiary/aromatic N) is 5. The molecule has 2 amide bonds. The average molecular weight is 776 g/mol. The zero-order valence-corrected chi connectivity index (χ0v) is 32.4. The summed E-state index contributed by atoms with van der Waals surface area (Å²) < 4.78 is 1.72. The van der Waals surface area contributed by atoms with Crippen molar-refractivity contribution < 1.29 is 19.8 Å². The number of amides is 2. The summed E-state index contributed by atoms with van der Waals surface area (Å²) in [5, 5.41) is 32.4. The fraction of sp³-hybridized carbons (Fsp3) is 0.556. The van der Waals surface area contributed by atoms with Crippen LogP contribution in [0.4, 0.5) is 0 Å². The van der Waals surface area contributed by atoms with E-state index in [1.807, 2.05) is 45.1 Å². The van der Waals surface area contributed by atoms with E-state index in [0.29, 0.717) is 22.7 Å². The molecule has 3 N–H and O–H groups in total. The van der Waals surface area contributed by atoms with Crippen molar-refractivity contribution in [2.75, 3.05) is 44.7 Å². The van der Waals surface area contributed by atoms with Crippen LogP contribution in [0.15, 0.2) is 47.7 Å². The molecule has 6 rings (SSSR count). The lowest BCUT2D eigenvalue weighted by Crippen LogP contribution is -2.32. The van der Waals surface area contributed by atoms with Crippen LogP contribution >= 0.6 is 38.6 Å². The van der Waals surface area contributed by atoms with Gasteiger partial charge >= 0.3 is 0 Å². The minimum Gasteiger partial charge on any atom is -0.396 e. The molecule has 0 bridgehead atoms. The Balaban J connectivity index is 0.000000201. The van der Waals surface area contributed by atoms with Crippen LogP contribution in [0.25, 0.3) is 20.9 Å². The Morgan fingerprint density at radius 3 is 1.82 bits per heavy atom. The monoisotopic (exact) mass is 774 g/mol. The van der Waals surface area contributed by atoms with Crippen molar-refractivity contribution in [2.45, 2.75) is 72.8 Å². The molecule has 0 aliphatic carbocycles. The van der Waals surface area contributed by atoms with Gasteiger partial charge in [0, 0.05) is 75.5 Å². The highest BCUT2D eigenvalue weighted by Crippen LogP contribution is 2.33. The van der Waals surface area contributed by atoms with Crippen LogP contribution in [0.3, 0.4) is 0 Å². The number of alkyl halides is 1. The Bertz CT molecular complexity index is 1590. The van der Waals surface area contributed by atoms with Gasteiger partial charge in [0.15, 0.2) is 0 Å². The second-order valence-electron chi connectivity index (χ2n) is 14.1. The second-order valence-corrected chi connectivity index (χ2v) is 16.7. The maximum atomic E-state index is 12.8. The van der Waals surface area contributed by atoms with Gasteiger partial charge in [0.1, 0.15) is 0 Å². The van der Waals surface area contributed by atoms with Gasteiger partial charge in [0.05, 0.1) is 43.3 Å². The number of carbonyl (C=O) groups is 2. The Labute approximate surface area is 306 Å². The molecule has 0 unspecified atom stereocenters. The molecular weight excluding hydrogens is 724 g/mol. The van der Waals surface area contributed by atoms with Crippen molar-refractivity contribution in [3.8, 4) is 20.9 Å². The summed E-state index contributed by atoms with van der Waals surface area (Å²) in [5.41, 5.74) is 4.28. The first-order chi connectivity index (χ1) is 23.4. The minimum absolute atomic E-state index is 0.0700. The molecule has 6 heterocycles. The van der Waals surface area contributed by atoms with E-state index < -0.39 is 0 Å². The number of likely N-dealkylation sites (tertiary alicyclic amines) is 2. The van der Waals surface area contributed by atoms with Crippen molar-refractivity contribution in [2.24, 2.45) is 10.8 Å². The second kappa shape index (κ2) is 18.4. The Kier molecular flexibility index (Phi) is 14.6.